The van der Waals surface area contributed by atoms with Crippen LogP contribution in [0.15, 0.2) is 47.4 Å². The number of amides is 1. The third kappa shape index (κ3) is 5.61. The van der Waals surface area contributed by atoms with E-state index < -0.39 is 39.1 Å². The monoisotopic (exact) mass is 466 g/mol. The molecular formula is C22H24F2N2O5S. The molecule has 32 heavy (non-hydrogen) atoms. The van der Waals surface area contributed by atoms with Crippen LogP contribution in [0.3, 0.4) is 0 Å². The van der Waals surface area contributed by atoms with Crippen molar-refractivity contribution in [2.24, 2.45) is 0 Å². The second-order valence-corrected chi connectivity index (χ2v) is 9.25. The van der Waals surface area contributed by atoms with Crippen LogP contribution in [0.5, 0.6) is 0 Å². The molecule has 0 heterocycles. The number of nitrogens with one attached hydrogen (secondary N) is 1. The van der Waals surface area contributed by atoms with Gasteiger partial charge in [-0.3, -0.25) is 9.52 Å². The van der Waals surface area contributed by atoms with Gasteiger partial charge in [-0.15, -0.1) is 0 Å². The number of sulfonamides is 1. The molecule has 1 N–H and O–H groups in total. The van der Waals surface area contributed by atoms with Crippen LogP contribution in [0.1, 0.15) is 42.5 Å². The molecular weight excluding hydrogens is 442 g/mol. The minimum Gasteiger partial charge on any atom is -0.452 e. The number of carbonyl (C=O) groups is 2. The molecule has 3 rings (SSSR count). The first kappa shape index (κ1) is 23.6. The summed E-state index contributed by atoms with van der Waals surface area (Å²) >= 11 is 0. The predicted molar refractivity (Wildman–Crippen MR) is 114 cm³/mol. The summed E-state index contributed by atoms with van der Waals surface area (Å²) in [6, 6.07) is 7.73. The average molecular weight is 467 g/mol. The van der Waals surface area contributed by atoms with Gasteiger partial charge in [0, 0.05) is 19.2 Å². The van der Waals surface area contributed by atoms with Crippen molar-refractivity contribution in [3.63, 3.8) is 0 Å². The van der Waals surface area contributed by atoms with Crippen LogP contribution in [0.25, 0.3) is 0 Å². The minimum absolute atomic E-state index is 0.111. The Kier molecular flexibility index (Phi) is 7.44. The maximum absolute atomic E-state index is 14.0. The molecule has 10 heteroatoms. The highest BCUT2D eigenvalue weighted by Crippen LogP contribution is 2.24. The zero-order valence-corrected chi connectivity index (χ0v) is 18.3. The Hall–Kier alpha value is -3.01. The topological polar surface area (TPSA) is 92.8 Å². The van der Waals surface area contributed by atoms with E-state index in [1.165, 1.54) is 24.3 Å². The Morgan fingerprint density at radius 1 is 1.09 bits per heavy atom. The molecule has 0 radical (unpaired) electrons. The van der Waals surface area contributed by atoms with Crippen LogP contribution in [0.4, 0.5) is 14.5 Å². The van der Waals surface area contributed by atoms with Crippen LogP contribution >= 0.6 is 0 Å². The van der Waals surface area contributed by atoms with Crippen LogP contribution < -0.4 is 4.72 Å². The number of hydrogen-bond donors (Lipinski definition) is 1. The van der Waals surface area contributed by atoms with E-state index in [4.69, 9.17) is 4.74 Å². The van der Waals surface area contributed by atoms with Gasteiger partial charge in [-0.25, -0.2) is 22.0 Å². The fourth-order valence-electron chi connectivity index (χ4n) is 3.62. The lowest BCUT2D eigenvalue weighted by Gasteiger charge is -2.31. The maximum Gasteiger partial charge on any atom is 0.340 e. The fraction of sp³-hybridized carbons (Fsp3) is 0.364. The van der Waals surface area contributed by atoms with E-state index >= 15 is 0 Å². The number of halogens is 2. The molecule has 0 saturated heterocycles. The van der Waals surface area contributed by atoms with Crippen LogP contribution in [0.2, 0.25) is 0 Å². The smallest absolute Gasteiger partial charge is 0.340 e. The number of nitrogens with zero attached hydrogens (tertiary/aromatic N) is 1. The summed E-state index contributed by atoms with van der Waals surface area (Å²) in [5, 5.41) is 0. The number of anilines is 1. The van der Waals surface area contributed by atoms with Gasteiger partial charge in [0.05, 0.1) is 11.3 Å². The molecule has 2 aromatic rings. The molecule has 1 fully saturated rings. The molecule has 2 aromatic carbocycles. The number of carbonyl (C=O) groups excluding carboxylic acids is 2. The summed E-state index contributed by atoms with van der Waals surface area (Å²) in [5.74, 6) is -3.45. The normalized spacial score (nSPS) is 14.6. The summed E-state index contributed by atoms with van der Waals surface area (Å²) < 4.78 is 59.4. The zero-order valence-electron chi connectivity index (χ0n) is 17.5. The third-order valence-electron chi connectivity index (χ3n) is 5.42. The SMILES string of the molecule is CN(C(=O)COC(=O)c1ccccc1NS(=O)(=O)c1ccc(F)cc1F)C1CCCCC1. The van der Waals surface area contributed by atoms with E-state index in [-0.39, 0.29) is 23.2 Å². The summed E-state index contributed by atoms with van der Waals surface area (Å²) in [4.78, 5) is 25.8. The molecule has 0 aromatic heterocycles. The molecule has 0 bridgehead atoms. The highest BCUT2D eigenvalue weighted by atomic mass is 32.2. The Bertz CT molecular complexity index is 1100. The van der Waals surface area contributed by atoms with Crippen molar-refractivity contribution < 1.29 is 31.5 Å². The number of esters is 1. The Labute approximate surface area is 185 Å². The fourth-order valence-corrected chi connectivity index (χ4v) is 4.76. The first-order chi connectivity index (χ1) is 15.2. The Morgan fingerprint density at radius 3 is 2.47 bits per heavy atom. The zero-order chi connectivity index (χ0) is 23.3. The highest BCUT2D eigenvalue weighted by molar-refractivity contribution is 7.92. The molecule has 0 atom stereocenters. The van der Waals surface area contributed by atoms with Gasteiger partial charge in [0.1, 0.15) is 16.5 Å². The summed E-state index contributed by atoms with van der Waals surface area (Å²) in [6.07, 6.45) is 5.04. The molecule has 0 unspecified atom stereocenters. The lowest BCUT2D eigenvalue weighted by Crippen LogP contribution is -2.40. The number of benzene rings is 2. The van der Waals surface area contributed by atoms with Gasteiger partial charge >= 0.3 is 5.97 Å². The predicted octanol–water partition coefficient (Wildman–Crippen LogP) is 3.71. The molecule has 172 valence electrons. The van der Waals surface area contributed by atoms with Crippen molar-refractivity contribution in [2.75, 3.05) is 18.4 Å². The van der Waals surface area contributed by atoms with Gasteiger partial charge in [0.15, 0.2) is 6.61 Å². The number of hydrogen-bond acceptors (Lipinski definition) is 5. The van der Waals surface area contributed by atoms with Gasteiger partial charge in [0.25, 0.3) is 15.9 Å². The standard InChI is InChI=1S/C22H24F2N2O5S/c1-26(16-7-3-2-4-8-16)21(27)14-31-22(28)17-9-5-6-10-19(17)25-32(29,30)20-12-11-15(23)13-18(20)24/h5-6,9-13,16,25H,2-4,7-8,14H2,1H3. The minimum atomic E-state index is -4.45. The van der Waals surface area contributed by atoms with Crippen molar-refractivity contribution >= 4 is 27.6 Å². The Balaban J connectivity index is 1.70. The maximum atomic E-state index is 14.0. The second kappa shape index (κ2) is 10.1. The number of para-hydroxylation sites is 1. The molecule has 7 nitrogen and oxygen atoms in total. The van der Waals surface area contributed by atoms with Gasteiger partial charge < -0.3 is 9.64 Å². The molecule has 0 aliphatic heterocycles. The lowest BCUT2D eigenvalue weighted by molar-refractivity contribution is -0.135. The number of rotatable bonds is 7. The second-order valence-electron chi connectivity index (χ2n) is 7.60. The van der Waals surface area contributed by atoms with Crippen molar-refractivity contribution in [3.05, 3.63) is 59.7 Å². The summed E-state index contributed by atoms with van der Waals surface area (Å²) in [5.41, 5.74) is -0.305. The lowest BCUT2D eigenvalue weighted by atomic mass is 9.94. The van der Waals surface area contributed by atoms with E-state index in [0.29, 0.717) is 6.07 Å². The van der Waals surface area contributed by atoms with Crippen LogP contribution in [-0.4, -0.2) is 44.9 Å². The van der Waals surface area contributed by atoms with Gasteiger partial charge in [-0.1, -0.05) is 31.4 Å². The van der Waals surface area contributed by atoms with Crippen molar-refractivity contribution in [1.29, 1.82) is 0 Å². The van der Waals surface area contributed by atoms with Crippen LogP contribution in [0, 0.1) is 11.6 Å². The van der Waals surface area contributed by atoms with E-state index in [9.17, 15) is 26.8 Å². The van der Waals surface area contributed by atoms with Gasteiger partial charge in [-0.2, -0.15) is 0 Å². The first-order valence-electron chi connectivity index (χ1n) is 10.2. The molecule has 1 saturated carbocycles. The molecule has 1 aliphatic rings. The first-order valence-corrected chi connectivity index (χ1v) is 11.7. The summed E-state index contributed by atoms with van der Waals surface area (Å²) in [7, 11) is -2.78. The summed E-state index contributed by atoms with van der Waals surface area (Å²) in [6.45, 7) is -0.487. The van der Waals surface area contributed by atoms with E-state index in [1.54, 1.807) is 11.9 Å². The number of likely N-dealkylation sites (N-methyl/N-ethyl adjacent to an activating group) is 1. The van der Waals surface area contributed by atoms with Gasteiger partial charge in [-0.05, 0) is 37.1 Å². The Morgan fingerprint density at radius 2 is 1.78 bits per heavy atom. The van der Waals surface area contributed by atoms with Gasteiger partial charge in [0.2, 0.25) is 0 Å². The van der Waals surface area contributed by atoms with Crippen molar-refractivity contribution in [1.82, 2.24) is 4.90 Å². The van der Waals surface area contributed by atoms with E-state index in [1.807, 2.05) is 0 Å². The number of ether oxygens (including phenoxy) is 1. The van der Waals surface area contributed by atoms with Crippen LogP contribution in [-0.2, 0) is 19.6 Å². The molecule has 1 amide bonds. The highest BCUT2D eigenvalue weighted by Gasteiger charge is 2.25. The van der Waals surface area contributed by atoms with E-state index in [2.05, 4.69) is 4.72 Å². The average Bonchev–Trinajstić information content (AvgIpc) is 2.77. The molecule has 0 spiro atoms. The van der Waals surface area contributed by atoms with Crippen molar-refractivity contribution in [3.8, 4) is 0 Å². The molecule has 1 aliphatic carbocycles. The quantitative estimate of drug-likeness (QED) is 0.628. The van der Waals surface area contributed by atoms with Crippen molar-refractivity contribution in [2.45, 2.75) is 43.0 Å². The third-order valence-corrected chi connectivity index (χ3v) is 6.82. The largest absolute Gasteiger partial charge is 0.452 e. The van der Waals surface area contributed by atoms with E-state index in [0.717, 1.165) is 44.2 Å².